The van der Waals surface area contributed by atoms with E-state index in [4.69, 9.17) is 16.6 Å². The summed E-state index contributed by atoms with van der Waals surface area (Å²) in [5, 5.41) is 3.49. The molecule has 7 nitrogen and oxygen atoms in total. The number of benzene rings is 1. The molecule has 2 aromatic heterocycles. The number of pyridine rings is 2. The number of amides is 3. The van der Waals surface area contributed by atoms with Crippen molar-refractivity contribution >= 4 is 40.7 Å². The zero-order valence-electron chi connectivity index (χ0n) is 17.3. The highest BCUT2D eigenvalue weighted by molar-refractivity contribution is 6.30. The van der Waals surface area contributed by atoms with E-state index in [1.54, 1.807) is 29.3 Å². The van der Waals surface area contributed by atoms with Crippen LogP contribution in [-0.2, 0) is 4.79 Å². The fraction of sp³-hybridized carbons (Fsp3) is 0.217. The molecule has 0 aliphatic carbocycles. The van der Waals surface area contributed by atoms with E-state index in [1.807, 2.05) is 44.2 Å². The first kappa shape index (κ1) is 20.8. The van der Waals surface area contributed by atoms with Crippen LogP contribution in [0.25, 0.3) is 11.3 Å². The lowest BCUT2D eigenvalue weighted by molar-refractivity contribution is -0.118. The Balaban J connectivity index is 1.77. The summed E-state index contributed by atoms with van der Waals surface area (Å²) in [5.41, 5.74) is 3.54. The van der Waals surface area contributed by atoms with Crippen LogP contribution in [0.15, 0.2) is 54.7 Å². The van der Waals surface area contributed by atoms with Crippen LogP contribution in [0.3, 0.4) is 0 Å². The number of carbonyl (C=O) groups is 2. The fourth-order valence-electron chi connectivity index (χ4n) is 3.60. The van der Waals surface area contributed by atoms with Gasteiger partial charge < -0.3 is 10.2 Å². The summed E-state index contributed by atoms with van der Waals surface area (Å²) >= 11 is 6.15. The molecule has 3 amide bonds. The van der Waals surface area contributed by atoms with Crippen LogP contribution >= 0.6 is 11.6 Å². The van der Waals surface area contributed by atoms with Crippen LogP contribution in [0.5, 0.6) is 0 Å². The summed E-state index contributed by atoms with van der Waals surface area (Å²) in [7, 11) is 0. The third-order valence-electron chi connectivity index (χ3n) is 5.08. The second-order valence-electron chi connectivity index (χ2n) is 7.21. The van der Waals surface area contributed by atoms with Gasteiger partial charge in [0.05, 0.1) is 11.4 Å². The van der Waals surface area contributed by atoms with Crippen LogP contribution < -0.4 is 15.1 Å². The Morgan fingerprint density at radius 3 is 2.77 bits per heavy atom. The average molecular weight is 436 g/mol. The van der Waals surface area contributed by atoms with Crippen LogP contribution in [0, 0.1) is 6.92 Å². The third kappa shape index (κ3) is 4.36. The van der Waals surface area contributed by atoms with Gasteiger partial charge >= 0.3 is 6.03 Å². The maximum Gasteiger partial charge on any atom is 0.327 e. The van der Waals surface area contributed by atoms with Gasteiger partial charge in [0.1, 0.15) is 0 Å². The topological polar surface area (TPSA) is 78.4 Å². The van der Waals surface area contributed by atoms with Crippen LogP contribution in [0.1, 0.15) is 19.0 Å². The Labute approximate surface area is 185 Å². The van der Waals surface area contributed by atoms with E-state index in [0.29, 0.717) is 34.5 Å². The Hall–Kier alpha value is -3.45. The number of aryl methyl sites for hydroxylation is 1. The van der Waals surface area contributed by atoms with Crippen molar-refractivity contribution in [3.63, 3.8) is 0 Å². The van der Waals surface area contributed by atoms with Gasteiger partial charge in [0, 0.05) is 47.7 Å². The quantitative estimate of drug-likeness (QED) is 0.634. The number of anilines is 3. The summed E-state index contributed by atoms with van der Waals surface area (Å²) < 4.78 is 0. The van der Waals surface area contributed by atoms with Gasteiger partial charge in [0.2, 0.25) is 5.91 Å². The number of rotatable bonds is 3. The van der Waals surface area contributed by atoms with Crippen LogP contribution in [0.2, 0.25) is 5.02 Å². The minimum Gasteiger partial charge on any atom is -0.309 e. The molecule has 4 rings (SSSR count). The number of hydrogen-bond acceptors (Lipinski definition) is 4. The third-order valence-corrected chi connectivity index (χ3v) is 5.32. The van der Waals surface area contributed by atoms with Crippen molar-refractivity contribution in [1.82, 2.24) is 9.97 Å². The van der Waals surface area contributed by atoms with Gasteiger partial charge in [-0.15, -0.1) is 0 Å². The smallest absolute Gasteiger partial charge is 0.309 e. The van der Waals surface area contributed by atoms with E-state index in [0.717, 1.165) is 11.3 Å². The number of fused-ring (bicyclic) bond motifs is 1. The number of hydrogen-bond donors (Lipinski definition) is 1. The Morgan fingerprint density at radius 1 is 1.19 bits per heavy atom. The van der Waals surface area contributed by atoms with Crippen molar-refractivity contribution in [3.8, 4) is 11.3 Å². The van der Waals surface area contributed by atoms with Crippen molar-refractivity contribution in [2.45, 2.75) is 20.3 Å². The van der Waals surface area contributed by atoms with Crippen molar-refractivity contribution in [1.29, 1.82) is 0 Å². The molecule has 8 heteroatoms. The molecule has 3 heterocycles. The lowest BCUT2D eigenvalue weighted by atomic mass is 10.1. The summed E-state index contributed by atoms with van der Waals surface area (Å²) in [6.07, 6.45) is 1.85. The SMILES string of the molecule is CCN1C(=O)CCN(C(=O)Nc2ccnc(C)c2)c2nc(-c3cccc(Cl)c3)ccc21. The van der Waals surface area contributed by atoms with Gasteiger partial charge in [-0.05, 0) is 50.2 Å². The van der Waals surface area contributed by atoms with Crippen LogP contribution in [-0.4, -0.2) is 35.0 Å². The predicted molar refractivity (Wildman–Crippen MR) is 123 cm³/mol. The van der Waals surface area contributed by atoms with Crippen molar-refractivity contribution in [2.24, 2.45) is 0 Å². The van der Waals surface area contributed by atoms with E-state index in [9.17, 15) is 9.59 Å². The van der Waals surface area contributed by atoms with Crippen molar-refractivity contribution in [3.05, 3.63) is 65.4 Å². The molecule has 1 aliphatic rings. The Bertz CT molecular complexity index is 1150. The molecular formula is C23H22ClN5O2. The van der Waals surface area contributed by atoms with E-state index < -0.39 is 0 Å². The molecule has 0 atom stereocenters. The fourth-order valence-corrected chi connectivity index (χ4v) is 3.79. The molecule has 0 radical (unpaired) electrons. The van der Waals surface area contributed by atoms with E-state index >= 15 is 0 Å². The molecule has 1 aliphatic heterocycles. The first-order chi connectivity index (χ1) is 15.0. The van der Waals surface area contributed by atoms with Crippen molar-refractivity contribution in [2.75, 3.05) is 28.2 Å². The maximum absolute atomic E-state index is 13.2. The van der Waals surface area contributed by atoms with Gasteiger partial charge in [0.15, 0.2) is 5.82 Å². The normalized spacial score (nSPS) is 13.6. The van der Waals surface area contributed by atoms with Gasteiger partial charge in [-0.2, -0.15) is 0 Å². The average Bonchev–Trinajstić information content (AvgIpc) is 2.89. The minimum atomic E-state index is -0.353. The van der Waals surface area contributed by atoms with E-state index in [1.165, 1.54) is 4.90 Å². The highest BCUT2D eigenvalue weighted by atomic mass is 35.5. The first-order valence-corrected chi connectivity index (χ1v) is 10.4. The summed E-state index contributed by atoms with van der Waals surface area (Å²) in [4.78, 5) is 38.0. The second kappa shape index (κ2) is 8.73. The number of nitrogens with one attached hydrogen (secondary N) is 1. The number of aromatic nitrogens is 2. The number of urea groups is 1. The highest BCUT2D eigenvalue weighted by Gasteiger charge is 2.30. The van der Waals surface area contributed by atoms with Gasteiger partial charge in [0.25, 0.3) is 0 Å². The largest absolute Gasteiger partial charge is 0.327 e. The first-order valence-electron chi connectivity index (χ1n) is 10.0. The van der Waals surface area contributed by atoms with Crippen molar-refractivity contribution < 1.29 is 9.59 Å². The number of nitrogens with zero attached hydrogens (tertiary/aromatic N) is 4. The van der Waals surface area contributed by atoms with Gasteiger partial charge in [-0.1, -0.05) is 23.7 Å². The zero-order valence-corrected chi connectivity index (χ0v) is 18.1. The summed E-state index contributed by atoms with van der Waals surface area (Å²) in [6, 6.07) is 14.2. The number of carbonyl (C=O) groups excluding carboxylic acids is 2. The molecule has 0 saturated carbocycles. The summed E-state index contributed by atoms with van der Waals surface area (Å²) in [5.74, 6) is 0.393. The molecule has 158 valence electrons. The Morgan fingerprint density at radius 2 is 2.03 bits per heavy atom. The molecule has 1 N–H and O–H groups in total. The molecule has 0 saturated heterocycles. The second-order valence-corrected chi connectivity index (χ2v) is 7.64. The van der Waals surface area contributed by atoms with E-state index in [2.05, 4.69) is 10.3 Å². The molecule has 0 fully saturated rings. The molecular weight excluding hydrogens is 414 g/mol. The Kier molecular flexibility index (Phi) is 5.86. The zero-order chi connectivity index (χ0) is 22.0. The molecule has 31 heavy (non-hydrogen) atoms. The van der Waals surface area contributed by atoms with Gasteiger partial charge in [-0.3, -0.25) is 14.7 Å². The predicted octanol–water partition coefficient (Wildman–Crippen LogP) is 4.90. The standard InChI is InChI=1S/C23H22ClN5O2/c1-3-28-20-8-7-19(16-5-4-6-17(24)14-16)27-22(20)29(12-10-21(28)30)23(31)26-18-9-11-25-15(2)13-18/h4-9,11,13-14H,3,10,12H2,1-2H3,(H,25,26,31). The lowest BCUT2D eigenvalue weighted by Gasteiger charge is -2.24. The highest BCUT2D eigenvalue weighted by Crippen LogP contribution is 2.34. The molecule has 0 bridgehead atoms. The molecule has 0 unspecified atom stereocenters. The molecule has 3 aromatic rings. The minimum absolute atomic E-state index is 0.0453. The van der Waals surface area contributed by atoms with Crippen LogP contribution in [0.4, 0.5) is 22.0 Å². The van der Waals surface area contributed by atoms with Gasteiger partial charge in [-0.25, -0.2) is 9.78 Å². The molecule has 1 aromatic carbocycles. The number of halogens is 1. The van der Waals surface area contributed by atoms with E-state index in [-0.39, 0.29) is 24.9 Å². The monoisotopic (exact) mass is 435 g/mol. The lowest BCUT2D eigenvalue weighted by Crippen LogP contribution is -2.36. The maximum atomic E-state index is 13.2. The molecule has 0 spiro atoms. The summed E-state index contributed by atoms with van der Waals surface area (Å²) in [6.45, 7) is 4.48.